The van der Waals surface area contributed by atoms with Gasteiger partial charge in [0, 0.05) is 44.3 Å². The van der Waals surface area contributed by atoms with E-state index >= 15 is 0 Å². The standard InChI is InChI=1S/C59H36N2O2/c1-2-17-38(18-3-1)61-50-26-9-5-20-42(50)45-35-39(31-33-51(45)61)60(52-27-14-30-56-58(52)44-21-6-10-28-53(44)62-56)40-32-34-55-49(36-40)59(47-24-8-11-29-54(47)63-55)46-23-7-4-19-41(46)43-22-12-15-37-16-13-25-48(59)57(37)43/h1-36H. The van der Waals surface area contributed by atoms with Crippen molar-refractivity contribution in [2.75, 3.05) is 4.90 Å². The Labute approximate surface area is 363 Å². The van der Waals surface area contributed by atoms with Gasteiger partial charge in [-0.2, -0.15) is 0 Å². The fraction of sp³-hybridized carbons (Fsp3) is 0.0169. The summed E-state index contributed by atoms with van der Waals surface area (Å²) in [5, 5.41) is 7.02. The number of benzene rings is 10. The van der Waals surface area contributed by atoms with Gasteiger partial charge < -0.3 is 18.6 Å². The SMILES string of the molecule is c1ccc(-n2c3ccccc3c3cc(N(c4ccc5c(c4)C4(c6ccccc6O5)c5ccccc5-c5cccc6cccc4c56)c4cccc5oc6ccccc6c45)ccc32)cc1. The molecule has 63 heavy (non-hydrogen) atoms. The average molecular weight is 805 g/mol. The maximum atomic E-state index is 6.98. The van der Waals surface area contributed by atoms with Crippen molar-refractivity contribution in [3.8, 4) is 28.3 Å². The minimum atomic E-state index is -0.683. The summed E-state index contributed by atoms with van der Waals surface area (Å²) < 4.78 is 15.9. The van der Waals surface area contributed by atoms with Crippen molar-refractivity contribution in [2.45, 2.75) is 5.41 Å². The van der Waals surface area contributed by atoms with E-state index in [0.29, 0.717) is 0 Å². The molecule has 1 aliphatic carbocycles. The van der Waals surface area contributed by atoms with E-state index in [2.05, 4.69) is 222 Å². The Morgan fingerprint density at radius 1 is 0.397 bits per heavy atom. The maximum Gasteiger partial charge on any atom is 0.137 e. The molecule has 294 valence electrons. The van der Waals surface area contributed by atoms with E-state index in [0.717, 1.165) is 72.8 Å². The highest BCUT2D eigenvalue weighted by Gasteiger charge is 2.49. The lowest BCUT2D eigenvalue weighted by atomic mass is 9.58. The number of hydrogen-bond donors (Lipinski definition) is 0. The molecule has 0 bridgehead atoms. The summed E-state index contributed by atoms with van der Waals surface area (Å²) in [6, 6.07) is 79.0. The van der Waals surface area contributed by atoms with Gasteiger partial charge in [0.2, 0.25) is 0 Å². The molecule has 0 radical (unpaired) electrons. The van der Waals surface area contributed by atoms with E-state index in [1.54, 1.807) is 0 Å². The lowest BCUT2D eigenvalue weighted by Crippen LogP contribution is -2.36. The summed E-state index contributed by atoms with van der Waals surface area (Å²) in [5.41, 5.74) is 14.8. The number of para-hydroxylation sites is 4. The first-order chi connectivity index (χ1) is 31.3. The molecule has 4 nitrogen and oxygen atoms in total. The van der Waals surface area contributed by atoms with Crippen LogP contribution in [0.1, 0.15) is 22.3 Å². The lowest BCUT2D eigenvalue weighted by Gasteiger charge is -2.45. The fourth-order valence-corrected chi connectivity index (χ4v) is 11.1. The second-order valence-electron chi connectivity index (χ2n) is 16.8. The van der Waals surface area contributed by atoms with Gasteiger partial charge in [-0.15, -0.1) is 0 Å². The van der Waals surface area contributed by atoms with Crippen molar-refractivity contribution in [3.05, 3.63) is 241 Å². The van der Waals surface area contributed by atoms with Crippen molar-refractivity contribution in [1.82, 2.24) is 4.57 Å². The second kappa shape index (κ2) is 12.8. The predicted molar refractivity (Wildman–Crippen MR) is 258 cm³/mol. The molecule has 4 heteroatoms. The molecule has 1 unspecified atom stereocenters. The minimum absolute atomic E-state index is 0.683. The number of rotatable bonds is 4. The van der Waals surface area contributed by atoms with Crippen molar-refractivity contribution in [1.29, 1.82) is 0 Å². The largest absolute Gasteiger partial charge is 0.457 e. The molecule has 1 atom stereocenters. The fourth-order valence-electron chi connectivity index (χ4n) is 11.1. The Morgan fingerprint density at radius 3 is 1.97 bits per heavy atom. The highest BCUT2D eigenvalue weighted by Crippen LogP contribution is 2.62. The number of hydrogen-bond acceptors (Lipinski definition) is 3. The summed E-state index contributed by atoms with van der Waals surface area (Å²) in [6.45, 7) is 0. The molecule has 14 rings (SSSR count). The second-order valence-corrected chi connectivity index (χ2v) is 16.8. The average Bonchev–Trinajstić information content (AvgIpc) is 3.89. The van der Waals surface area contributed by atoms with Crippen LogP contribution in [0.15, 0.2) is 223 Å². The quantitative estimate of drug-likeness (QED) is 0.178. The molecule has 12 aromatic rings. The molecule has 2 aliphatic rings. The van der Waals surface area contributed by atoms with E-state index in [1.807, 2.05) is 6.07 Å². The van der Waals surface area contributed by atoms with Gasteiger partial charge in [0.1, 0.15) is 22.7 Å². The van der Waals surface area contributed by atoms with Crippen LogP contribution in [0.5, 0.6) is 11.5 Å². The third-order valence-corrected chi connectivity index (χ3v) is 13.6. The van der Waals surface area contributed by atoms with E-state index in [9.17, 15) is 0 Å². The molecular weight excluding hydrogens is 769 g/mol. The van der Waals surface area contributed by atoms with Crippen LogP contribution in [0.4, 0.5) is 17.1 Å². The molecule has 0 N–H and O–H groups in total. The van der Waals surface area contributed by atoms with Crippen LogP contribution in [0.25, 0.3) is 71.3 Å². The van der Waals surface area contributed by atoms with Gasteiger partial charge in [-0.1, -0.05) is 140 Å². The van der Waals surface area contributed by atoms with Crippen molar-refractivity contribution in [2.24, 2.45) is 0 Å². The highest BCUT2D eigenvalue weighted by molar-refractivity contribution is 6.15. The number of fused-ring (bicyclic) bond motifs is 14. The van der Waals surface area contributed by atoms with Gasteiger partial charge >= 0.3 is 0 Å². The number of furan rings is 1. The van der Waals surface area contributed by atoms with Gasteiger partial charge in [-0.25, -0.2) is 0 Å². The molecule has 3 heterocycles. The Hall–Kier alpha value is -8.34. The molecule has 1 spiro atoms. The van der Waals surface area contributed by atoms with Crippen LogP contribution in [-0.2, 0) is 5.41 Å². The van der Waals surface area contributed by atoms with Crippen LogP contribution in [0, 0.1) is 0 Å². The normalized spacial score (nSPS) is 14.9. The van der Waals surface area contributed by atoms with E-state index in [1.165, 1.54) is 49.3 Å². The molecule has 0 saturated carbocycles. The smallest absolute Gasteiger partial charge is 0.137 e. The van der Waals surface area contributed by atoms with Crippen LogP contribution in [-0.4, -0.2) is 4.57 Å². The third kappa shape index (κ3) is 4.64. The minimum Gasteiger partial charge on any atom is -0.457 e. The van der Waals surface area contributed by atoms with Gasteiger partial charge in [-0.05, 0) is 112 Å². The Kier molecular flexibility index (Phi) is 7.01. The first-order valence-corrected chi connectivity index (χ1v) is 21.6. The maximum absolute atomic E-state index is 6.98. The highest BCUT2D eigenvalue weighted by atomic mass is 16.5. The zero-order valence-electron chi connectivity index (χ0n) is 34.0. The zero-order valence-corrected chi connectivity index (χ0v) is 34.0. The van der Waals surface area contributed by atoms with Gasteiger partial charge in [0.25, 0.3) is 0 Å². The summed E-state index contributed by atoms with van der Waals surface area (Å²) in [7, 11) is 0. The molecule has 10 aromatic carbocycles. The van der Waals surface area contributed by atoms with Crippen LogP contribution in [0.2, 0.25) is 0 Å². The predicted octanol–water partition coefficient (Wildman–Crippen LogP) is 15.8. The summed E-state index contributed by atoms with van der Waals surface area (Å²) in [6.07, 6.45) is 0. The zero-order chi connectivity index (χ0) is 41.2. The van der Waals surface area contributed by atoms with Crippen molar-refractivity contribution in [3.63, 3.8) is 0 Å². The lowest BCUT2D eigenvalue weighted by molar-refractivity contribution is 0.435. The van der Waals surface area contributed by atoms with E-state index < -0.39 is 5.41 Å². The number of anilines is 3. The van der Waals surface area contributed by atoms with Crippen LogP contribution < -0.4 is 9.64 Å². The van der Waals surface area contributed by atoms with Crippen LogP contribution in [0.3, 0.4) is 0 Å². The van der Waals surface area contributed by atoms with Crippen molar-refractivity contribution >= 4 is 71.6 Å². The number of aromatic nitrogens is 1. The molecule has 2 aromatic heterocycles. The van der Waals surface area contributed by atoms with Crippen LogP contribution >= 0.6 is 0 Å². The Balaban J connectivity index is 1.09. The molecule has 0 amide bonds. The topological polar surface area (TPSA) is 30.5 Å². The van der Waals surface area contributed by atoms with Gasteiger partial charge in [-0.3, -0.25) is 0 Å². The van der Waals surface area contributed by atoms with E-state index in [4.69, 9.17) is 9.15 Å². The number of ether oxygens (including phenoxy) is 1. The third-order valence-electron chi connectivity index (χ3n) is 13.6. The van der Waals surface area contributed by atoms with Crippen molar-refractivity contribution < 1.29 is 9.15 Å². The summed E-state index contributed by atoms with van der Waals surface area (Å²) >= 11 is 0. The molecular formula is C59H36N2O2. The summed E-state index contributed by atoms with van der Waals surface area (Å²) in [5.74, 6) is 1.72. The van der Waals surface area contributed by atoms with Gasteiger partial charge in [0.05, 0.1) is 27.5 Å². The Morgan fingerprint density at radius 2 is 1.05 bits per heavy atom. The molecule has 1 aliphatic heterocycles. The van der Waals surface area contributed by atoms with E-state index in [-0.39, 0.29) is 0 Å². The van der Waals surface area contributed by atoms with Gasteiger partial charge in [0.15, 0.2) is 0 Å². The number of nitrogens with zero attached hydrogens (tertiary/aromatic N) is 2. The summed E-state index contributed by atoms with van der Waals surface area (Å²) in [4.78, 5) is 2.43. The monoisotopic (exact) mass is 804 g/mol. The Bertz CT molecular complexity index is 3850. The first-order valence-electron chi connectivity index (χ1n) is 21.6. The molecule has 0 fully saturated rings. The first kappa shape index (κ1) is 34.4. The molecule has 0 saturated heterocycles.